The Kier molecular flexibility index (Phi) is 9.88. The first kappa shape index (κ1) is 24.3. The lowest BCUT2D eigenvalue weighted by Gasteiger charge is -2.30. The van der Waals surface area contributed by atoms with E-state index in [4.69, 9.17) is 9.47 Å². The van der Waals surface area contributed by atoms with E-state index < -0.39 is 6.04 Å². The van der Waals surface area contributed by atoms with E-state index in [0.29, 0.717) is 39.0 Å². The number of amides is 2. The molecule has 1 unspecified atom stereocenters. The summed E-state index contributed by atoms with van der Waals surface area (Å²) in [6.07, 6.45) is 1.45. The molecule has 0 saturated carbocycles. The summed E-state index contributed by atoms with van der Waals surface area (Å²) in [5.74, 6) is 1.37. The Balaban J connectivity index is 2.03. The number of benzene rings is 2. The highest BCUT2D eigenvalue weighted by Gasteiger charge is 2.28. The molecular formula is C25H34N2O4. The second-order valence-corrected chi connectivity index (χ2v) is 7.45. The molecule has 168 valence electrons. The molecule has 0 aliphatic heterocycles. The highest BCUT2D eigenvalue weighted by molar-refractivity contribution is 5.87. The Hall–Kier alpha value is -3.02. The lowest BCUT2D eigenvalue weighted by atomic mass is 10.1. The minimum absolute atomic E-state index is 0.0542. The minimum Gasteiger partial charge on any atom is -0.497 e. The molecule has 6 nitrogen and oxygen atoms in total. The zero-order chi connectivity index (χ0) is 22.6. The van der Waals surface area contributed by atoms with Gasteiger partial charge in [0.1, 0.15) is 17.5 Å². The van der Waals surface area contributed by atoms with Crippen molar-refractivity contribution in [1.82, 2.24) is 10.2 Å². The maximum Gasteiger partial charge on any atom is 0.242 e. The summed E-state index contributed by atoms with van der Waals surface area (Å²) >= 11 is 0. The number of nitrogens with zero attached hydrogens (tertiary/aromatic N) is 1. The maximum atomic E-state index is 13.1. The topological polar surface area (TPSA) is 67.9 Å². The monoisotopic (exact) mass is 426 g/mol. The Morgan fingerprint density at radius 1 is 1.00 bits per heavy atom. The molecule has 0 aliphatic carbocycles. The second-order valence-electron chi connectivity index (χ2n) is 7.45. The predicted molar refractivity (Wildman–Crippen MR) is 122 cm³/mol. The van der Waals surface area contributed by atoms with E-state index in [1.165, 1.54) is 5.56 Å². The number of aryl methyl sites for hydroxylation is 1. The van der Waals surface area contributed by atoms with Crippen LogP contribution < -0.4 is 14.8 Å². The van der Waals surface area contributed by atoms with E-state index in [2.05, 4.69) is 5.32 Å². The molecule has 0 fully saturated rings. The Morgan fingerprint density at radius 3 is 2.23 bits per heavy atom. The van der Waals surface area contributed by atoms with Gasteiger partial charge in [0.15, 0.2) is 0 Å². The molecule has 2 rings (SSSR count). The third kappa shape index (κ3) is 7.63. The fourth-order valence-electron chi connectivity index (χ4n) is 3.33. The molecule has 0 bridgehead atoms. The quantitative estimate of drug-likeness (QED) is 0.519. The largest absolute Gasteiger partial charge is 0.497 e. The van der Waals surface area contributed by atoms with Gasteiger partial charge in [-0.1, -0.05) is 36.8 Å². The van der Waals surface area contributed by atoms with Gasteiger partial charge in [-0.05, 0) is 56.5 Å². The lowest BCUT2D eigenvalue weighted by Crippen LogP contribution is -2.49. The second kappa shape index (κ2) is 12.6. The van der Waals surface area contributed by atoms with Crippen molar-refractivity contribution >= 4 is 11.8 Å². The fourth-order valence-corrected chi connectivity index (χ4v) is 3.33. The zero-order valence-corrected chi connectivity index (χ0v) is 19.0. The summed E-state index contributed by atoms with van der Waals surface area (Å²) in [5.41, 5.74) is 2.13. The molecule has 2 aromatic carbocycles. The van der Waals surface area contributed by atoms with Crippen LogP contribution >= 0.6 is 0 Å². The fraction of sp³-hybridized carbons (Fsp3) is 0.440. The van der Waals surface area contributed by atoms with Crippen LogP contribution in [-0.4, -0.2) is 43.0 Å². The van der Waals surface area contributed by atoms with Crippen LogP contribution in [0.1, 0.15) is 44.2 Å². The molecule has 31 heavy (non-hydrogen) atoms. The first-order chi connectivity index (χ1) is 15.0. The van der Waals surface area contributed by atoms with E-state index in [9.17, 15) is 9.59 Å². The van der Waals surface area contributed by atoms with Crippen molar-refractivity contribution in [3.8, 4) is 11.5 Å². The van der Waals surface area contributed by atoms with Gasteiger partial charge < -0.3 is 19.7 Å². The molecule has 2 aromatic rings. The number of carbonyl (C=O) groups is 2. The molecular weight excluding hydrogens is 392 g/mol. The highest BCUT2D eigenvalue weighted by Crippen LogP contribution is 2.18. The zero-order valence-electron chi connectivity index (χ0n) is 19.0. The van der Waals surface area contributed by atoms with E-state index in [0.717, 1.165) is 17.1 Å². The van der Waals surface area contributed by atoms with Crippen molar-refractivity contribution in [1.29, 1.82) is 0 Å². The van der Waals surface area contributed by atoms with Crippen LogP contribution in [0.2, 0.25) is 0 Å². The molecule has 0 heterocycles. The van der Waals surface area contributed by atoms with Gasteiger partial charge in [-0.3, -0.25) is 9.59 Å². The van der Waals surface area contributed by atoms with Crippen molar-refractivity contribution in [3.05, 3.63) is 59.7 Å². The Labute approximate surface area is 185 Å². The van der Waals surface area contributed by atoms with E-state index in [1.807, 2.05) is 69.3 Å². The Morgan fingerprint density at radius 2 is 1.65 bits per heavy atom. The molecule has 1 atom stereocenters. The number of hydrogen-bond donors (Lipinski definition) is 1. The van der Waals surface area contributed by atoms with Gasteiger partial charge in [0.05, 0.1) is 13.7 Å². The third-order valence-corrected chi connectivity index (χ3v) is 5.07. The maximum absolute atomic E-state index is 13.1. The smallest absolute Gasteiger partial charge is 0.242 e. The van der Waals surface area contributed by atoms with Gasteiger partial charge >= 0.3 is 0 Å². The van der Waals surface area contributed by atoms with Crippen LogP contribution in [0.15, 0.2) is 48.5 Å². The van der Waals surface area contributed by atoms with Crippen molar-refractivity contribution < 1.29 is 19.1 Å². The van der Waals surface area contributed by atoms with E-state index >= 15 is 0 Å². The predicted octanol–water partition coefficient (Wildman–Crippen LogP) is 4.11. The third-order valence-electron chi connectivity index (χ3n) is 5.07. The number of likely N-dealkylation sites (N-methyl/N-ethyl adjacent to an activating group) is 1. The van der Waals surface area contributed by atoms with Crippen LogP contribution in [-0.2, 0) is 16.1 Å². The molecule has 1 N–H and O–H groups in total. The first-order valence-corrected chi connectivity index (χ1v) is 10.9. The van der Waals surface area contributed by atoms with E-state index in [-0.39, 0.29) is 11.8 Å². The van der Waals surface area contributed by atoms with Crippen LogP contribution in [0, 0.1) is 6.92 Å². The van der Waals surface area contributed by atoms with Gasteiger partial charge in [-0.2, -0.15) is 0 Å². The summed E-state index contributed by atoms with van der Waals surface area (Å²) in [5, 5.41) is 2.85. The van der Waals surface area contributed by atoms with Crippen LogP contribution in [0.4, 0.5) is 0 Å². The van der Waals surface area contributed by atoms with Gasteiger partial charge in [-0.15, -0.1) is 0 Å². The summed E-state index contributed by atoms with van der Waals surface area (Å²) < 4.78 is 11.0. The van der Waals surface area contributed by atoms with Gasteiger partial charge in [0.25, 0.3) is 0 Å². The van der Waals surface area contributed by atoms with Gasteiger partial charge in [0.2, 0.25) is 11.8 Å². The number of rotatable bonds is 12. The summed E-state index contributed by atoms with van der Waals surface area (Å²) in [6.45, 7) is 7.18. The standard InChI is InChI=1S/C25H34N2O4/c1-5-23(25(29)26-6-2)27(18-20-11-15-21(30-4)16-12-20)24(28)8-7-17-31-22-13-9-19(3)10-14-22/h9-16,23H,5-8,17-18H2,1-4H3,(H,26,29). The van der Waals surface area contributed by atoms with E-state index in [1.54, 1.807) is 12.0 Å². The Bertz CT molecular complexity index is 818. The lowest BCUT2D eigenvalue weighted by molar-refractivity contribution is -0.141. The summed E-state index contributed by atoms with van der Waals surface area (Å²) in [7, 11) is 1.62. The van der Waals surface area contributed by atoms with Crippen molar-refractivity contribution in [2.75, 3.05) is 20.3 Å². The summed E-state index contributed by atoms with van der Waals surface area (Å²) in [6, 6.07) is 14.9. The van der Waals surface area contributed by atoms with Gasteiger partial charge in [0, 0.05) is 19.5 Å². The van der Waals surface area contributed by atoms with Crippen molar-refractivity contribution in [2.45, 2.75) is 52.6 Å². The number of ether oxygens (including phenoxy) is 2. The summed E-state index contributed by atoms with van der Waals surface area (Å²) in [4.78, 5) is 27.4. The molecule has 6 heteroatoms. The molecule has 0 radical (unpaired) electrons. The average molecular weight is 427 g/mol. The van der Waals surface area contributed by atoms with Crippen LogP contribution in [0.25, 0.3) is 0 Å². The first-order valence-electron chi connectivity index (χ1n) is 10.9. The number of methoxy groups -OCH3 is 1. The molecule has 0 aliphatic rings. The number of nitrogens with one attached hydrogen (secondary N) is 1. The van der Waals surface area contributed by atoms with Crippen LogP contribution in [0.3, 0.4) is 0 Å². The molecule has 0 saturated heterocycles. The molecule has 0 spiro atoms. The number of hydrogen-bond acceptors (Lipinski definition) is 4. The van der Waals surface area contributed by atoms with Crippen LogP contribution in [0.5, 0.6) is 11.5 Å². The normalized spacial score (nSPS) is 11.5. The van der Waals surface area contributed by atoms with Gasteiger partial charge in [-0.25, -0.2) is 0 Å². The average Bonchev–Trinajstić information content (AvgIpc) is 2.78. The number of carbonyl (C=O) groups excluding carboxylic acids is 2. The van der Waals surface area contributed by atoms with Crippen molar-refractivity contribution in [2.24, 2.45) is 0 Å². The SMILES string of the molecule is CCNC(=O)C(CC)N(Cc1ccc(OC)cc1)C(=O)CCCOc1ccc(C)cc1. The van der Waals surface area contributed by atoms with Crippen molar-refractivity contribution in [3.63, 3.8) is 0 Å². The molecule has 2 amide bonds. The highest BCUT2D eigenvalue weighted by atomic mass is 16.5. The minimum atomic E-state index is -0.507. The molecule has 0 aromatic heterocycles.